The van der Waals surface area contributed by atoms with Crippen LogP contribution in [0.3, 0.4) is 0 Å². The number of benzene rings is 2. The second kappa shape index (κ2) is 9.49. The van der Waals surface area contributed by atoms with Gasteiger partial charge in [-0.2, -0.15) is 4.31 Å². The van der Waals surface area contributed by atoms with E-state index in [1.54, 1.807) is 30.3 Å². The van der Waals surface area contributed by atoms with Crippen LogP contribution in [0.5, 0.6) is 11.5 Å². The molecule has 1 amide bonds. The van der Waals surface area contributed by atoms with E-state index in [1.165, 1.54) is 18.5 Å². The van der Waals surface area contributed by atoms with Gasteiger partial charge >= 0.3 is 0 Å². The van der Waals surface area contributed by atoms with Crippen LogP contribution in [0.25, 0.3) is 0 Å². The van der Waals surface area contributed by atoms with E-state index in [0.29, 0.717) is 47.9 Å². The number of rotatable bonds is 7. The Kier molecular flexibility index (Phi) is 6.99. The highest BCUT2D eigenvalue weighted by Crippen LogP contribution is 2.29. The van der Waals surface area contributed by atoms with E-state index >= 15 is 0 Å². The molecule has 2 aromatic rings. The number of carbonyl (C=O) groups excluding carboxylic acids is 1. The summed E-state index contributed by atoms with van der Waals surface area (Å²) < 4.78 is 37.9. The molecule has 8 heteroatoms. The molecule has 1 heterocycles. The average Bonchev–Trinajstić information content (AvgIpc) is 2.78. The monoisotopic (exact) mass is 432 g/mol. The van der Waals surface area contributed by atoms with E-state index in [9.17, 15) is 13.2 Å². The van der Waals surface area contributed by atoms with Gasteiger partial charge in [0.1, 0.15) is 17.1 Å². The molecule has 2 aromatic carbocycles. The summed E-state index contributed by atoms with van der Waals surface area (Å²) in [5, 5.41) is 2.99. The van der Waals surface area contributed by atoms with Crippen LogP contribution in [0.2, 0.25) is 0 Å². The first-order valence-corrected chi connectivity index (χ1v) is 11.5. The normalized spacial score (nSPS) is 15.6. The van der Waals surface area contributed by atoms with Crippen molar-refractivity contribution in [1.82, 2.24) is 9.62 Å². The third kappa shape index (κ3) is 4.60. The summed E-state index contributed by atoms with van der Waals surface area (Å²) in [5.41, 5.74) is 1.44. The lowest BCUT2D eigenvalue weighted by Crippen LogP contribution is -2.46. The van der Waals surface area contributed by atoms with Crippen LogP contribution in [0.15, 0.2) is 47.4 Å². The molecule has 0 atom stereocenters. The Morgan fingerprint density at radius 3 is 2.10 bits per heavy atom. The van der Waals surface area contributed by atoms with Crippen LogP contribution >= 0.6 is 0 Å². The highest BCUT2D eigenvalue weighted by atomic mass is 32.2. The molecule has 1 saturated heterocycles. The molecule has 1 fully saturated rings. The van der Waals surface area contributed by atoms with E-state index in [1.807, 2.05) is 19.1 Å². The lowest BCUT2D eigenvalue weighted by Gasteiger charge is -2.31. The predicted octanol–water partition coefficient (Wildman–Crippen LogP) is 2.85. The summed E-state index contributed by atoms with van der Waals surface area (Å²) in [6, 6.07) is 12.1. The van der Waals surface area contributed by atoms with E-state index in [0.717, 1.165) is 12.0 Å². The number of piperidine rings is 1. The van der Waals surface area contributed by atoms with E-state index < -0.39 is 10.0 Å². The van der Waals surface area contributed by atoms with Gasteiger partial charge in [0.05, 0.1) is 19.1 Å². The number of amides is 1. The first-order chi connectivity index (χ1) is 14.4. The third-order valence-electron chi connectivity index (χ3n) is 5.41. The maximum absolute atomic E-state index is 12.9. The quantitative estimate of drug-likeness (QED) is 0.727. The zero-order chi connectivity index (χ0) is 21.7. The molecular weight excluding hydrogens is 404 g/mol. The van der Waals surface area contributed by atoms with Crippen molar-refractivity contribution in [3.05, 3.63) is 53.6 Å². The van der Waals surface area contributed by atoms with Gasteiger partial charge in [0, 0.05) is 19.1 Å². The van der Waals surface area contributed by atoms with Crippen LogP contribution in [0.4, 0.5) is 0 Å². The third-order valence-corrected chi connectivity index (χ3v) is 7.33. The molecule has 1 aliphatic heterocycles. The number of hydrogen-bond acceptors (Lipinski definition) is 5. The first-order valence-electron chi connectivity index (χ1n) is 10.0. The summed E-state index contributed by atoms with van der Waals surface area (Å²) in [5.74, 6) is 0.575. The minimum atomic E-state index is -3.53. The lowest BCUT2D eigenvalue weighted by molar-refractivity contribution is 0.0917. The molecule has 0 bridgehead atoms. The topological polar surface area (TPSA) is 84.9 Å². The van der Waals surface area contributed by atoms with Crippen LogP contribution in [0.1, 0.15) is 35.7 Å². The predicted molar refractivity (Wildman–Crippen MR) is 115 cm³/mol. The molecule has 0 aliphatic carbocycles. The van der Waals surface area contributed by atoms with Crippen LogP contribution in [0, 0.1) is 0 Å². The van der Waals surface area contributed by atoms with Crippen LogP contribution in [-0.4, -0.2) is 52.0 Å². The summed E-state index contributed by atoms with van der Waals surface area (Å²) in [6.45, 7) is 2.74. The number of nitrogens with zero attached hydrogens (tertiary/aromatic N) is 1. The zero-order valence-electron chi connectivity index (χ0n) is 17.6. The number of aryl methyl sites for hydroxylation is 1. The molecule has 3 rings (SSSR count). The van der Waals surface area contributed by atoms with Crippen molar-refractivity contribution in [3.63, 3.8) is 0 Å². The van der Waals surface area contributed by atoms with Crippen molar-refractivity contribution in [2.75, 3.05) is 27.3 Å². The standard InChI is InChI=1S/C22H28N2O5S/c1-4-16-8-10-18(11-9-16)30(26,27)24-14-12-17(13-15-24)23-22(25)21-19(28-2)6-5-7-20(21)29-3/h5-11,17H,4,12-15H2,1-3H3,(H,23,25). The molecule has 0 spiro atoms. The van der Waals surface area contributed by atoms with E-state index in [4.69, 9.17) is 9.47 Å². The number of methoxy groups -OCH3 is 2. The number of carbonyl (C=O) groups is 1. The van der Waals surface area contributed by atoms with Gasteiger partial charge in [-0.05, 0) is 49.1 Å². The van der Waals surface area contributed by atoms with Crippen molar-refractivity contribution in [1.29, 1.82) is 0 Å². The second-order valence-electron chi connectivity index (χ2n) is 7.19. The van der Waals surface area contributed by atoms with E-state index in [2.05, 4.69) is 5.32 Å². The lowest BCUT2D eigenvalue weighted by atomic mass is 10.1. The van der Waals surface area contributed by atoms with E-state index in [-0.39, 0.29) is 11.9 Å². The Morgan fingerprint density at radius 2 is 1.60 bits per heavy atom. The van der Waals surface area contributed by atoms with Crippen molar-refractivity contribution in [3.8, 4) is 11.5 Å². The molecule has 1 aliphatic rings. The Morgan fingerprint density at radius 1 is 1.03 bits per heavy atom. The smallest absolute Gasteiger partial charge is 0.259 e. The molecule has 0 saturated carbocycles. The van der Waals surface area contributed by atoms with Gasteiger partial charge in [-0.1, -0.05) is 25.1 Å². The average molecular weight is 433 g/mol. The molecule has 0 unspecified atom stereocenters. The van der Waals surface area contributed by atoms with Gasteiger partial charge in [-0.15, -0.1) is 0 Å². The molecule has 162 valence electrons. The van der Waals surface area contributed by atoms with Crippen molar-refractivity contribution in [2.24, 2.45) is 0 Å². The van der Waals surface area contributed by atoms with Gasteiger partial charge in [0.25, 0.3) is 5.91 Å². The fraction of sp³-hybridized carbons (Fsp3) is 0.409. The van der Waals surface area contributed by atoms with Crippen molar-refractivity contribution in [2.45, 2.75) is 37.1 Å². The molecule has 7 nitrogen and oxygen atoms in total. The Labute approximate surface area is 178 Å². The van der Waals surface area contributed by atoms with Gasteiger partial charge in [-0.3, -0.25) is 4.79 Å². The van der Waals surface area contributed by atoms with Gasteiger partial charge in [-0.25, -0.2) is 8.42 Å². The fourth-order valence-electron chi connectivity index (χ4n) is 3.62. The molecule has 1 N–H and O–H groups in total. The fourth-order valence-corrected chi connectivity index (χ4v) is 5.09. The van der Waals surface area contributed by atoms with Gasteiger partial charge in [0.15, 0.2) is 0 Å². The first kappa shape index (κ1) is 22.1. The largest absolute Gasteiger partial charge is 0.496 e. The summed E-state index contributed by atoms with van der Waals surface area (Å²) in [7, 11) is -0.528. The summed E-state index contributed by atoms with van der Waals surface area (Å²) >= 11 is 0. The summed E-state index contributed by atoms with van der Waals surface area (Å²) in [4.78, 5) is 13.1. The maximum Gasteiger partial charge on any atom is 0.259 e. The number of nitrogens with one attached hydrogen (secondary N) is 1. The van der Waals surface area contributed by atoms with Crippen molar-refractivity contribution < 1.29 is 22.7 Å². The second-order valence-corrected chi connectivity index (χ2v) is 9.12. The SMILES string of the molecule is CCc1ccc(S(=O)(=O)N2CCC(NC(=O)c3c(OC)cccc3OC)CC2)cc1. The Bertz CT molecular complexity index is 959. The Balaban J connectivity index is 1.65. The molecular formula is C22H28N2O5S. The molecule has 30 heavy (non-hydrogen) atoms. The molecule has 0 radical (unpaired) electrons. The molecule has 0 aromatic heterocycles. The van der Waals surface area contributed by atoms with Crippen LogP contribution < -0.4 is 14.8 Å². The van der Waals surface area contributed by atoms with Gasteiger partial charge in [0.2, 0.25) is 10.0 Å². The minimum Gasteiger partial charge on any atom is -0.496 e. The number of sulfonamides is 1. The van der Waals surface area contributed by atoms with Crippen LogP contribution in [-0.2, 0) is 16.4 Å². The maximum atomic E-state index is 12.9. The highest BCUT2D eigenvalue weighted by Gasteiger charge is 2.31. The summed E-state index contributed by atoms with van der Waals surface area (Å²) in [6.07, 6.45) is 1.94. The van der Waals surface area contributed by atoms with Gasteiger partial charge < -0.3 is 14.8 Å². The number of hydrogen-bond donors (Lipinski definition) is 1. The Hall–Kier alpha value is -2.58. The van der Waals surface area contributed by atoms with Crippen molar-refractivity contribution >= 4 is 15.9 Å². The minimum absolute atomic E-state index is 0.124. The number of ether oxygens (including phenoxy) is 2. The highest BCUT2D eigenvalue weighted by molar-refractivity contribution is 7.89. The zero-order valence-corrected chi connectivity index (χ0v) is 18.4.